The fourth-order valence-electron chi connectivity index (χ4n) is 3.70. The number of para-hydroxylation sites is 1. The second-order valence-electron chi connectivity index (χ2n) is 7.30. The third-order valence-corrected chi connectivity index (χ3v) is 5.87. The Morgan fingerprint density at radius 3 is 2.58 bits per heavy atom. The van der Waals surface area contributed by atoms with Crippen LogP contribution < -0.4 is 16.0 Å². The summed E-state index contributed by atoms with van der Waals surface area (Å²) < 4.78 is 0. The van der Waals surface area contributed by atoms with Crippen molar-refractivity contribution in [2.75, 3.05) is 5.32 Å². The first kappa shape index (κ1) is 21.1. The molecule has 4 rings (SSSR count). The molecule has 2 aromatic rings. The second kappa shape index (κ2) is 8.56. The van der Waals surface area contributed by atoms with Gasteiger partial charge in [-0.15, -0.1) is 0 Å². The van der Waals surface area contributed by atoms with E-state index in [0.29, 0.717) is 27.7 Å². The minimum absolute atomic E-state index is 0.205. The van der Waals surface area contributed by atoms with Gasteiger partial charge in [0.2, 0.25) is 11.8 Å². The van der Waals surface area contributed by atoms with Gasteiger partial charge in [0.1, 0.15) is 6.04 Å². The van der Waals surface area contributed by atoms with Crippen molar-refractivity contribution in [3.63, 3.8) is 0 Å². The number of hydrogen-bond acceptors (Lipinski definition) is 4. The zero-order chi connectivity index (χ0) is 22.1. The Hall–Kier alpha value is -3.10. The van der Waals surface area contributed by atoms with Gasteiger partial charge < -0.3 is 15.5 Å². The normalized spacial score (nSPS) is 17.9. The third-order valence-electron chi connectivity index (χ3n) is 5.24. The van der Waals surface area contributed by atoms with Crippen LogP contribution in [0.1, 0.15) is 34.3 Å². The summed E-state index contributed by atoms with van der Waals surface area (Å²) in [6.45, 7) is 0.490. The van der Waals surface area contributed by atoms with E-state index in [1.54, 1.807) is 30.3 Å². The van der Waals surface area contributed by atoms with Gasteiger partial charge in [0.25, 0.3) is 5.91 Å². The molecule has 0 aromatic heterocycles. The highest BCUT2D eigenvalue weighted by Crippen LogP contribution is 2.30. The first-order valence-corrected chi connectivity index (χ1v) is 10.3. The van der Waals surface area contributed by atoms with E-state index < -0.39 is 18.0 Å². The minimum atomic E-state index is -0.662. The first-order chi connectivity index (χ1) is 14.8. The number of amides is 5. The van der Waals surface area contributed by atoms with Crippen LogP contribution in [0.15, 0.2) is 36.4 Å². The quantitative estimate of drug-likeness (QED) is 0.609. The number of nitrogens with one attached hydrogen (secondary N) is 3. The van der Waals surface area contributed by atoms with Crippen LogP contribution >= 0.6 is 23.2 Å². The van der Waals surface area contributed by atoms with Crippen molar-refractivity contribution in [2.45, 2.75) is 32.0 Å². The molecule has 160 valence electrons. The molecule has 31 heavy (non-hydrogen) atoms. The number of fused-ring (bicyclic) bond motifs is 1. The molecule has 0 radical (unpaired) electrons. The molecule has 8 nitrogen and oxygen atoms in total. The predicted molar refractivity (Wildman–Crippen MR) is 115 cm³/mol. The van der Waals surface area contributed by atoms with E-state index in [1.807, 2.05) is 6.07 Å². The Morgan fingerprint density at radius 2 is 1.87 bits per heavy atom. The Balaban J connectivity index is 1.40. The van der Waals surface area contributed by atoms with Crippen molar-refractivity contribution in [2.24, 2.45) is 0 Å². The molecule has 0 aliphatic carbocycles. The molecule has 10 heteroatoms. The summed E-state index contributed by atoms with van der Waals surface area (Å²) in [5.74, 6) is -1.01. The summed E-state index contributed by atoms with van der Waals surface area (Å²) in [6, 6.07) is 9.03. The van der Waals surface area contributed by atoms with Crippen LogP contribution in [0.25, 0.3) is 0 Å². The standard InChI is InChI=1S/C21H18Cl2N4O4/c22-14-2-1-3-15(23)18(14)26-21(31)24-9-11-4-5-13-12(8-11)10-27(20(13)30)16-6-7-17(28)25-19(16)29/h1-5,8,16H,6-7,9-10H2,(H2,24,26,31)(H,25,28,29). The summed E-state index contributed by atoms with van der Waals surface area (Å²) in [5.41, 5.74) is 2.39. The monoisotopic (exact) mass is 460 g/mol. The van der Waals surface area contributed by atoms with Crippen molar-refractivity contribution in [3.8, 4) is 0 Å². The summed E-state index contributed by atoms with van der Waals surface area (Å²) in [6.07, 6.45) is 0.514. The average Bonchev–Trinajstić information content (AvgIpc) is 3.05. The van der Waals surface area contributed by atoms with E-state index in [0.717, 1.165) is 11.1 Å². The molecule has 1 saturated heterocycles. The number of rotatable bonds is 4. The van der Waals surface area contributed by atoms with Crippen molar-refractivity contribution in [3.05, 3.63) is 63.1 Å². The lowest BCUT2D eigenvalue weighted by Crippen LogP contribution is -2.52. The van der Waals surface area contributed by atoms with E-state index in [2.05, 4.69) is 16.0 Å². The number of carbonyl (C=O) groups is 4. The predicted octanol–water partition coefficient (Wildman–Crippen LogP) is 3.08. The van der Waals surface area contributed by atoms with Gasteiger partial charge in [-0.1, -0.05) is 41.4 Å². The number of nitrogens with zero attached hydrogens (tertiary/aromatic N) is 1. The van der Waals surface area contributed by atoms with E-state index >= 15 is 0 Å². The SMILES string of the molecule is O=C1CCC(N2Cc3cc(CNC(=O)Nc4c(Cl)cccc4Cl)ccc3C2=O)C(=O)N1. The number of imide groups is 1. The van der Waals surface area contributed by atoms with Crippen LogP contribution in [0.5, 0.6) is 0 Å². The lowest BCUT2D eigenvalue weighted by molar-refractivity contribution is -0.136. The zero-order valence-corrected chi connectivity index (χ0v) is 17.7. The molecule has 2 heterocycles. The van der Waals surface area contributed by atoms with Crippen molar-refractivity contribution < 1.29 is 19.2 Å². The third kappa shape index (κ3) is 4.35. The topological polar surface area (TPSA) is 108 Å². The molecule has 2 aliphatic rings. The van der Waals surface area contributed by atoms with Gasteiger partial charge in [-0.05, 0) is 35.7 Å². The van der Waals surface area contributed by atoms with Crippen molar-refractivity contribution >= 4 is 52.6 Å². The number of anilines is 1. The lowest BCUT2D eigenvalue weighted by Gasteiger charge is -2.29. The van der Waals surface area contributed by atoms with E-state index in [-0.39, 0.29) is 31.3 Å². The molecule has 1 unspecified atom stereocenters. The number of carbonyl (C=O) groups excluding carboxylic acids is 4. The molecule has 2 aromatic carbocycles. The number of piperidine rings is 1. The maximum Gasteiger partial charge on any atom is 0.319 e. The first-order valence-electron chi connectivity index (χ1n) is 9.59. The summed E-state index contributed by atoms with van der Waals surface area (Å²) in [4.78, 5) is 49.9. The Bertz CT molecular complexity index is 1080. The number of halogens is 2. The Kier molecular flexibility index (Phi) is 5.84. The summed E-state index contributed by atoms with van der Waals surface area (Å²) >= 11 is 12.1. The van der Waals surface area contributed by atoms with Crippen LogP contribution in [-0.4, -0.2) is 34.7 Å². The molecule has 3 N–H and O–H groups in total. The van der Waals surface area contributed by atoms with Crippen LogP contribution in [0, 0.1) is 0 Å². The molecule has 1 fully saturated rings. The number of hydrogen-bond donors (Lipinski definition) is 3. The smallest absolute Gasteiger partial charge is 0.319 e. The van der Waals surface area contributed by atoms with Gasteiger partial charge in [0, 0.05) is 25.1 Å². The maximum atomic E-state index is 12.7. The minimum Gasteiger partial charge on any atom is -0.334 e. The van der Waals surface area contributed by atoms with Gasteiger partial charge in [-0.3, -0.25) is 19.7 Å². The molecular formula is C21H18Cl2N4O4. The maximum absolute atomic E-state index is 12.7. The highest BCUT2D eigenvalue weighted by atomic mass is 35.5. The zero-order valence-electron chi connectivity index (χ0n) is 16.2. The second-order valence-corrected chi connectivity index (χ2v) is 8.11. The molecule has 0 spiro atoms. The molecule has 5 amide bonds. The fraction of sp³-hybridized carbons (Fsp3) is 0.238. The highest BCUT2D eigenvalue weighted by molar-refractivity contribution is 6.39. The number of urea groups is 1. The van der Waals surface area contributed by atoms with Gasteiger partial charge in [0.05, 0.1) is 15.7 Å². The van der Waals surface area contributed by atoms with Crippen molar-refractivity contribution in [1.29, 1.82) is 0 Å². The highest BCUT2D eigenvalue weighted by Gasteiger charge is 2.39. The Labute approximate surface area is 187 Å². The lowest BCUT2D eigenvalue weighted by atomic mass is 10.0. The molecule has 1 atom stereocenters. The van der Waals surface area contributed by atoms with Crippen LogP contribution in [-0.2, 0) is 22.7 Å². The summed E-state index contributed by atoms with van der Waals surface area (Å²) in [5, 5.41) is 8.27. The molecule has 0 bridgehead atoms. The summed E-state index contributed by atoms with van der Waals surface area (Å²) in [7, 11) is 0. The molecule has 2 aliphatic heterocycles. The van der Waals surface area contributed by atoms with E-state index in [9.17, 15) is 19.2 Å². The largest absolute Gasteiger partial charge is 0.334 e. The fourth-order valence-corrected chi connectivity index (χ4v) is 4.19. The van der Waals surface area contributed by atoms with E-state index in [4.69, 9.17) is 23.2 Å². The van der Waals surface area contributed by atoms with Gasteiger partial charge in [-0.2, -0.15) is 0 Å². The molecule has 0 saturated carbocycles. The number of benzene rings is 2. The molecular weight excluding hydrogens is 443 g/mol. The van der Waals surface area contributed by atoms with Gasteiger partial charge >= 0.3 is 6.03 Å². The van der Waals surface area contributed by atoms with Crippen molar-refractivity contribution in [1.82, 2.24) is 15.5 Å². The average molecular weight is 461 g/mol. The van der Waals surface area contributed by atoms with E-state index in [1.165, 1.54) is 4.90 Å². The van der Waals surface area contributed by atoms with Crippen LogP contribution in [0.4, 0.5) is 10.5 Å². The van der Waals surface area contributed by atoms with Gasteiger partial charge in [0.15, 0.2) is 0 Å². The van der Waals surface area contributed by atoms with Crippen LogP contribution in [0.2, 0.25) is 10.0 Å². The van der Waals surface area contributed by atoms with Gasteiger partial charge in [-0.25, -0.2) is 4.79 Å². The van der Waals surface area contributed by atoms with Crippen LogP contribution in [0.3, 0.4) is 0 Å². The Morgan fingerprint density at radius 1 is 1.13 bits per heavy atom.